The summed E-state index contributed by atoms with van der Waals surface area (Å²) < 4.78 is 4.61. The highest BCUT2D eigenvalue weighted by Gasteiger charge is 2.00. The Labute approximate surface area is 113 Å². The van der Waals surface area contributed by atoms with Crippen LogP contribution in [-0.2, 0) is 9.53 Å². The molecule has 0 amide bonds. The number of hydrogen-bond donors (Lipinski definition) is 0. The van der Waals surface area contributed by atoms with Crippen LogP contribution in [0, 0.1) is 5.92 Å². The van der Waals surface area contributed by atoms with E-state index in [1.54, 1.807) is 0 Å². The van der Waals surface area contributed by atoms with Crippen molar-refractivity contribution in [3.8, 4) is 0 Å². The second kappa shape index (κ2) is 12.9. The molecule has 0 aliphatic heterocycles. The minimum Gasteiger partial charge on any atom is -0.469 e. The summed E-state index contributed by atoms with van der Waals surface area (Å²) in [6, 6.07) is 0. The Morgan fingerprint density at radius 1 is 0.944 bits per heavy atom. The molecule has 0 bridgehead atoms. The zero-order valence-electron chi connectivity index (χ0n) is 12.7. The number of carbonyl (C=O) groups excluding carboxylic acids is 1. The molecule has 0 aromatic heterocycles. The minimum absolute atomic E-state index is 0.0694. The van der Waals surface area contributed by atoms with E-state index in [9.17, 15) is 4.79 Å². The van der Waals surface area contributed by atoms with Crippen molar-refractivity contribution in [1.82, 2.24) is 0 Å². The molecule has 0 fully saturated rings. The van der Waals surface area contributed by atoms with E-state index in [4.69, 9.17) is 0 Å². The van der Waals surface area contributed by atoms with Crippen molar-refractivity contribution in [3.63, 3.8) is 0 Å². The first-order valence-electron chi connectivity index (χ1n) is 7.77. The maximum atomic E-state index is 10.9. The quantitative estimate of drug-likeness (QED) is 0.358. The summed E-state index contributed by atoms with van der Waals surface area (Å²) in [6.45, 7) is 4.63. The molecule has 0 unspecified atom stereocenters. The van der Waals surface area contributed by atoms with Gasteiger partial charge in [-0.3, -0.25) is 4.79 Å². The average Bonchev–Trinajstić information content (AvgIpc) is 2.40. The summed E-state index contributed by atoms with van der Waals surface area (Å²) in [5, 5.41) is 0. The highest BCUT2D eigenvalue weighted by atomic mass is 16.5. The molecule has 0 saturated heterocycles. The van der Waals surface area contributed by atoms with E-state index in [0.717, 1.165) is 12.3 Å². The van der Waals surface area contributed by atoms with Crippen LogP contribution in [0.2, 0.25) is 0 Å². The Morgan fingerprint density at radius 3 is 1.94 bits per heavy atom. The maximum Gasteiger partial charge on any atom is 0.305 e. The van der Waals surface area contributed by atoms with E-state index in [0.29, 0.717) is 6.42 Å². The molecule has 0 aliphatic rings. The number of unbranched alkanes of at least 4 members (excludes halogenated alkanes) is 7. The van der Waals surface area contributed by atoms with Crippen LogP contribution < -0.4 is 0 Å². The predicted molar refractivity (Wildman–Crippen MR) is 77.6 cm³/mol. The summed E-state index contributed by atoms with van der Waals surface area (Å²) in [6.07, 6.45) is 13.6. The fraction of sp³-hybridized carbons (Fsp3) is 0.938. The first-order valence-corrected chi connectivity index (χ1v) is 7.77. The van der Waals surface area contributed by atoms with Gasteiger partial charge < -0.3 is 4.74 Å². The number of methoxy groups -OCH3 is 1. The van der Waals surface area contributed by atoms with Crippen LogP contribution in [0.3, 0.4) is 0 Å². The number of carbonyl (C=O) groups is 1. The van der Waals surface area contributed by atoms with Crippen molar-refractivity contribution in [2.45, 2.75) is 84.5 Å². The van der Waals surface area contributed by atoms with Gasteiger partial charge in [0.25, 0.3) is 0 Å². The number of rotatable bonds is 12. The monoisotopic (exact) mass is 256 g/mol. The second-order valence-corrected chi connectivity index (χ2v) is 5.46. The van der Waals surface area contributed by atoms with Crippen molar-refractivity contribution < 1.29 is 9.53 Å². The molecule has 0 spiro atoms. The van der Waals surface area contributed by atoms with Crippen LogP contribution in [0.25, 0.3) is 0 Å². The van der Waals surface area contributed by atoms with Crippen LogP contribution in [-0.4, -0.2) is 13.1 Å². The molecule has 0 heterocycles. The Balaban J connectivity index is 3.05. The number of hydrogen-bond acceptors (Lipinski definition) is 2. The van der Waals surface area contributed by atoms with Gasteiger partial charge in [0, 0.05) is 6.42 Å². The number of ether oxygens (including phenoxy) is 1. The molecule has 18 heavy (non-hydrogen) atoms. The molecule has 108 valence electrons. The Morgan fingerprint density at radius 2 is 1.44 bits per heavy atom. The van der Waals surface area contributed by atoms with Gasteiger partial charge >= 0.3 is 5.97 Å². The third kappa shape index (κ3) is 11.9. The lowest BCUT2D eigenvalue weighted by Gasteiger charge is -2.07. The first kappa shape index (κ1) is 17.5. The van der Waals surface area contributed by atoms with Gasteiger partial charge in [-0.25, -0.2) is 0 Å². The normalized spacial score (nSPS) is 12.4. The summed E-state index contributed by atoms with van der Waals surface area (Å²) >= 11 is 0. The smallest absolute Gasteiger partial charge is 0.305 e. The van der Waals surface area contributed by atoms with Crippen LogP contribution in [0.15, 0.2) is 0 Å². The first-order chi connectivity index (χ1) is 8.70. The third-order valence-electron chi connectivity index (χ3n) is 3.75. The second-order valence-electron chi connectivity index (χ2n) is 5.46. The third-order valence-corrected chi connectivity index (χ3v) is 3.75. The minimum atomic E-state index is -0.0694. The van der Waals surface area contributed by atoms with Gasteiger partial charge in [0.05, 0.1) is 7.11 Å². The van der Waals surface area contributed by atoms with E-state index in [-0.39, 0.29) is 5.97 Å². The van der Waals surface area contributed by atoms with E-state index < -0.39 is 0 Å². The molecule has 0 saturated carbocycles. The molecule has 0 aromatic carbocycles. The van der Waals surface area contributed by atoms with Crippen LogP contribution >= 0.6 is 0 Å². The fourth-order valence-electron chi connectivity index (χ4n) is 2.13. The molecule has 2 nitrogen and oxygen atoms in total. The maximum absolute atomic E-state index is 10.9. The molecule has 0 N–H and O–H groups in total. The van der Waals surface area contributed by atoms with E-state index in [2.05, 4.69) is 18.6 Å². The van der Waals surface area contributed by atoms with Crippen LogP contribution in [0.4, 0.5) is 0 Å². The van der Waals surface area contributed by atoms with Gasteiger partial charge in [-0.1, -0.05) is 71.6 Å². The van der Waals surface area contributed by atoms with Gasteiger partial charge in [0.2, 0.25) is 0 Å². The molecular formula is C16H32O2. The summed E-state index contributed by atoms with van der Waals surface area (Å²) in [5.41, 5.74) is 0. The molecular weight excluding hydrogens is 224 g/mol. The highest BCUT2D eigenvalue weighted by Crippen LogP contribution is 2.15. The topological polar surface area (TPSA) is 26.3 Å². The van der Waals surface area contributed by atoms with E-state index in [1.807, 2.05) is 0 Å². The highest BCUT2D eigenvalue weighted by molar-refractivity contribution is 5.68. The SMILES string of the molecule is CC[C@H](C)CCCCCCCCCCC(=O)OC. The fourth-order valence-corrected chi connectivity index (χ4v) is 2.13. The van der Waals surface area contributed by atoms with Crippen molar-refractivity contribution in [2.24, 2.45) is 5.92 Å². The lowest BCUT2D eigenvalue weighted by atomic mass is 9.99. The van der Waals surface area contributed by atoms with Gasteiger partial charge in [-0.2, -0.15) is 0 Å². The zero-order valence-corrected chi connectivity index (χ0v) is 12.7. The van der Waals surface area contributed by atoms with Crippen molar-refractivity contribution in [2.75, 3.05) is 7.11 Å². The van der Waals surface area contributed by atoms with E-state index >= 15 is 0 Å². The summed E-state index contributed by atoms with van der Waals surface area (Å²) in [7, 11) is 1.46. The predicted octanol–water partition coefficient (Wildman–Crippen LogP) is 5.11. The molecule has 0 rings (SSSR count). The lowest BCUT2D eigenvalue weighted by Crippen LogP contribution is -1.99. The van der Waals surface area contributed by atoms with Crippen molar-refractivity contribution in [3.05, 3.63) is 0 Å². The molecule has 0 aliphatic carbocycles. The van der Waals surface area contributed by atoms with Crippen LogP contribution in [0.5, 0.6) is 0 Å². The largest absolute Gasteiger partial charge is 0.469 e. The molecule has 0 aromatic rings. The Hall–Kier alpha value is -0.530. The standard InChI is InChI=1S/C16H32O2/c1-4-15(2)13-11-9-7-5-6-8-10-12-14-16(17)18-3/h15H,4-14H2,1-3H3/t15-/m0/s1. The summed E-state index contributed by atoms with van der Waals surface area (Å²) in [4.78, 5) is 10.9. The van der Waals surface area contributed by atoms with Crippen molar-refractivity contribution >= 4 is 5.97 Å². The Bertz CT molecular complexity index is 190. The summed E-state index contributed by atoms with van der Waals surface area (Å²) in [5.74, 6) is 0.836. The Kier molecular flexibility index (Phi) is 12.5. The van der Waals surface area contributed by atoms with Gasteiger partial charge in [-0.15, -0.1) is 0 Å². The average molecular weight is 256 g/mol. The van der Waals surface area contributed by atoms with Gasteiger partial charge in [0.15, 0.2) is 0 Å². The van der Waals surface area contributed by atoms with Crippen molar-refractivity contribution in [1.29, 1.82) is 0 Å². The molecule has 1 atom stereocenters. The van der Waals surface area contributed by atoms with E-state index in [1.165, 1.54) is 64.9 Å². The molecule has 2 heteroatoms. The van der Waals surface area contributed by atoms with Gasteiger partial charge in [0.1, 0.15) is 0 Å². The van der Waals surface area contributed by atoms with Crippen LogP contribution in [0.1, 0.15) is 84.5 Å². The zero-order chi connectivity index (χ0) is 13.6. The number of esters is 1. The molecule has 0 radical (unpaired) electrons. The lowest BCUT2D eigenvalue weighted by molar-refractivity contribution is -0.140. The van der Waals surface area contributed by atoms with Gasteiger partial charge in [-0.05, 0) is 12.3 Å².